The minimum Gasteiger partial charge on any atom is -0.364 e. The maximum absolute atomic E-state index is 13.7. The van der Waals surface area contributed by atoms with Gasteiger partial charge in [0.2, 0.25) is 0 Å². The zero-order valence-electron chi connectivity index (χ0n) is 9.32. The molecule has 0 aromatic heterocycles. The molecule has 1 aromatic rings. The van der Waals surface area contributed by atoms with Crippen LogP contribution in [0.2, 0.25) is 0 Å². The predicted molar refractivity (Wildman–Crippen MR) is 63.1 cm³/mol. The second kappa shape index (κ2) is 3.74. The fourth-order valence-electron chi connectivity index (χ4n) is 3.22. The van der Waals surface area contributed by atoms with Gasteiger partial charge in [-0.05, 0) is 37.8 Å². The van der Waals surface area contributed by atoms with Crippen LogP contribution in [0.25, 0.3) is 0 Å². The number of rotatable bonds is 1. The van der Waals surface area contributed by atoms with E-state index in [1.807, 2.05) is 6.07 Å². The van der Waals surface area contributed by atoms with Crippen molar-refractivity contribution in [1.29, 1.82) is 0 Å². The molecule has 2 heterocycles. The van der Waals surface area contributed by atoms with Gasteiger partial charge in [0.25, 0.3) is 0 Å². The summed E-state index contributed by atoms with van der Waals surface area (Å²) in [5, 5.41) is 0. The maximum atomic E-state index is 13.7. The molecule has 2 aliphatic rings. The summed E-state index contributed by atoms with van der Waals surface area (Å²) in [6.45, 7) is 0.673. The monoisotopic (exact) mass is 220 g/mol. The molecular weight excluding hydrogens is 203 g/mol. The molecule has 0 aliphatic carbocycles. The van der Waals surface area contributed by atoms with Crippen molar-refractivity contribution in [1.82, 2.24) is 0 Å². The van der Waals surface area contributed by atoms with Gasteiger partial charge < -0.3 is 10.6 Å². The third-order valence-electron chi connectivity index (χ3n) is 3.95. The third kappa shape index (κ3) is 1.34. The van der Waals surface area contributed by atoms with Crippen molar-refractivity contribution in [3.8, 4) is 0 Å². The quantitative estimate of drug-likeness (QED) is 0.785. The van der Waals surface area contributed by atoms with Gasteiger partial charge >= 0.3 is 0 Å². The molecule has 2 nitrogen and oxygen atoms in total. The van der Waals surface area contributed by atoms with Crippen LogP contribution < -0.4 is 10.6 Å². The summed E-state index contributed by atoms with van der Waals surface area (Å²) >= 11 is 0. The summed E-state index contributed by atoms with van der Waals surface area (Å²) < 4.78 is 13.7. The van der Waals surface area contributed by atoms with Gasteiger partial charge in [-0.25, -0.2) is 4.39 Å². The molecule has 0 spiro atoms. The molecule has 0 amide bonds. The van der Waals surface area contributed by atoms with Gasteiger partial charge in [-0.2, -0.15) is 0 Å². The fourth-order valence-corrected chi connectivity index (χ4v) is 3.22. The lowest BCUT2D eigenvalue weighted by molar-refractivity contribution is 0.398. The molecule has 2 aliphatic heterocycles. The summed E-state index contributed by atoms with van der Waals surface area (Å²) in [6.07, 6.45) is 4.39. The molecule has 0 radical (unpaired) electrons. The van der Waals surface area contributed by atoms with Gasteiger partial charge in [0.15, 0.2) is 0 Å². The highest BCUT2D eigenvalue weighted by atomic mass is 19.1. The number of piperidine rings is 1. The van der Waals surface area contributed by atoms with Gasteiger partial charge in [-0.3, -0.25) is 0 Å². The first-order valence-corrected chi connectivity index (χ1v) is 6.07. The smallest absolute Gasteiger partial charge is 0.128 e. The molecule has 0 bridgehead atoms. The van der Waals surface area contributed by atoms with E-state index >= 15 is 0 Å². The Morgan fingerprint density at radius 2 is 2.25 bits per heavy atom. The van der Waals surface area contributed by atoms with Gasteiger partial charge in [-0.15, -0.1) is 0 Å². The lowest BCUT2D eigenvalue weighted by atomic mass is 9.96. The number of fused-ring (bicyclic) bond motifs is 3. The van der Waals surface area contributed by atoms with Gasteiger partial charge in [0, 0.05) is 29.9 Å². The molecule has 1 aromatic carbocycles. The van der Waals surface area contributed by atoms with Crippen molar-refractivity contribution in [3.05, 3.63) is 29.6 Å². The Labute approximate surface area is 95.2 Å². The average Bonchev–Trinajstić information content (AvgIpc) is 2.69. The molecule has 1 fully saturated rings. The maximum Gasteiger partial charge on any atom is 0.128 e. The number of nitrogens with zero attached hydrogens (tertiary/aromatic N) is 1. The first-order chi connectivity index (χ1) is 7.81. The molecule has 16 heavy (non-hydrogen) atoms. The van der Waals surface area contributed by atoms with Gasteiger partial charge in [-0.1, -0.05) is 6.07 Å². The number of hydrogen-bond donors (Lipinski definition) is 1. The summed E-state index contributed by atoms with van der Waals surface area (Å²) in [5.41, 5.74) is 7.80. The van der Waals surface area contributed by atoms with Crippen LogP contribution in [-0.2, 0) is 6.42 Å². The fraction of sp³-hybridized carbons (Fsp3) is 0.538. The van der Waals surface area contributed by atoms with E-state index < -0.39 is 0 Å². The normalized spacial score (nSPS) is 27.8. The molecule has 2 N–H and O–H groups in total. The summed E-state index contributed by atoms with van der Waals surface area (Å²) in [7, 11) is 0. The van der Waals surface area contributed by atoms with E-state index in [0.29, 0.717) is 18.6 Å². The Morgan fingerprint density at radius 1 is 1.38 bits per heavy atom. The van der Waals surface area contributed by atoms with E-state index in [-0.39, 0.29) is 5.82 Å². The Balaban J connectivity index is 2.03. The van der Waals surface area contributed by atoms with Crippen LogP contribution in [0, 0.1) is 5.82 Å². The minimum atomic E-state index is -0.0531. The average molecular weight is 220 g/mol. The van der Waals surface area contributed by atoms with Crippen molar-refractivity contribution >= 4 is 5.69 Å². The number of nitrogens with two attached hydrogens (primary N) is 1. The van der Waals surface area contributed by atoms with E-state index in [0.717, 1.165) is 24.1 Å². The van der Waals surface area contributed by atoms with Crippen molar-refractivity contribution in [2.24, 2.45) is 5.73 Å². The van der Waals surface area contributed by atoms with Crippen molar-refractivity contribution in [3.63, 3.8) is 0 Å². The standard InChI is InChI=1S/C13H17FN2/c14-12-5-2-6-13-11(12)7-9-3-1-4-10(8-15)16(9)13/h2,5-6,9-10H,1,3-4,7-8,15H2. The zero-order chi connectivity index (χ0) is 11.1. The molecule has 0 saturated carbocycles. The van der Waals surface area contributed by atoms with E-state index in [1.54, 1.807) is 12.1 Å². The second-order valence-electron chi connectivity index (χ2n) is 4.82. The van der Waals surface area contributed by atoms with Crippen LogP contribution in [0.15, 0.2) is 18.2 Å². The molecule has 2 atom stereocenters. The highest BCUT2D eigenvalue weighted by Gasteiger charge is 2.37. The van der Waals surface area contributed by atoms with Crippen LogP contribution in [0.1, 0.15) is 24.8 Å². The Bertz CT molecular complexity index is 405. The van der Waals surface area contributed by atoms with Crippen molar-refractivity contribution in [2.45, 2.75) is 37.8 Å². The Kier molecular flexibility index (Phi) is 2.36. The summed E-state index contributed by atoms with van der Waals surface area (Å²) in [6, 6.07) is 6.29. The molecular formula is C13H17FN2. The van der Waals surface area contributed by atoms with Crippen LogP contribution in [0.4, 0.5) is 10.1 Å². The summed E-state index contributed by atoms with van der Waals surface area (Å²) in [4.78, 5) is 2.36. The number of hydrogen-bond acceptors (Lipinski definition) is 2. The van der Waals surface area contributed by atoms with Crippen LogP contribution in [0.3, 0.4) is 0 Å². The van der Waals surface area contributed by atoms with Crippen LogP contribution in [-0.4, -0.2) is 18.6 Å². The number of halogens is 1. The van der Waals surface area contributed by atoms with E-state index in [2.05, 4.69) is 4.90 Å². The van der Waals surface area contributed by atoms with Gasteiger partial charge in [0.1, 0.15) is 5.82 Å². The van der Waals surface area contributed by atoms with Crippen LogP contribution >= 0.6 is 0 Å². The van der Waals surface area contributed by atoms with E-state index in [9.17, 15) is 4.39 Å². The molecule has 1 saturated heterocycles. The molecule has 86 valence electrons. The number of anilines is 1. The van der Waals surface area contributed by atoms with Gasteiger partial charge in [0.05, 0.1) is 0 Å². The number of benzene rings is 1. The van der Waals surface area contributed by atoms with Crippen molar-refractivity contribution < 1.29 is 4.39 Å². The lowest BCUT2D eigenvalue weighted by Crippen LogP contribution is -2.48. The largest absolute Gasteiger partial charge is 0.364 e. The topological polar surface area (TPSA) is 29.3 Å². The SMILES string of the molecule is NCC1CCCC2Cc3c(F)cccc3N12. The molecule has 3 rings (SSSR count). The highest BCUT2D eigenvalue weighted by molar-refractivity contribution is 5.61. The first kappa shape index (κ1) is 10.1. The molecule has 3 heteroatoms. The molecule has 2 unspecified atom stereocenters. The summed E-state index contributed by atoms with van der Waals surface area (Å²) in [5.74, 6) is -0.0531. The minimum absolute atomic E-state index is 0.0531. The van der Waals surface area contributed by atoms with Crippen molar-refractivity contribution in [2.75, 3.05) is 11.4 Å². The highest BCUT2D eigenvalue weighted by Crippen LogP contribution is 2.40. The lowest BCUT2D eigenvalue weighted by Gasteiger charge is -2.39. The Morgan fingerprint density at radius 3 is 3.06 bits per heavy atom. The van der Waals surface area contributed by atoms with E-state index in [1.165, 1.54) is 12.8 Å². The second-order valence-corrected chi connectivity index (χ2v) is 4.82. The van der Waals surface area contributed by atoms with Crippen LogP contribution in [0.5, 0.6) is 0 Å². The third-order valence-corrected chi connectivity index (χ3v) is 3.95. The van der Waals surface area contributed by atoms with E-state index in [4.69, 9.17) is 5.73 Å². The first-order valence-electron chi connectivity index (χ1n) is 6.07. The zero-order valence-corrected chi connectivity index (χ0v) is 9.32. The Hall–Kier alpha value is -1.09. The predicted octanol–water partition coefficient (Wildman–Crippen LogP) is 2.07.